The van der Waals surface area contributed by atoms with E-state index in [0.29, 0.717) is 0 Å². The summed E-state index contributed by atoms with van der Waals surface area (Å²) in [5.74, 6) is -0.833. The fraction of sp³-hybridized carbons (Fsp3) is 0.500. The van der Waals surface area contributed by atoms with Gasteiger partial charge in [-0.15, -0.1) is 0 Å². The van der Waals surface area contributed by atoms with Gasteiger partial charge in [0.15, 0.2) is 0 Å². The lowest BCUT2D eigenvalue weighted by Crippen LogP contribution is -1.78. The normalized spacial score (nSPS) is 6.50. The van der Waals surface area contributed by atoms with E-state index in [2.05, 4.69) is 0 Å². The predicted octanol–water partition coefficient (Wildman–Crippen LogP) is 0.971. The summed E-state index contributed by atoms with van der Waals surface area (Å²) < 4.78 is 29.4. The van der Waals surface area contributed by atoms with Crippen molar-refractivity contribution < 1.29 is 20.5 Å². The van der Waals surface area contributed by atoms with Crippen LogP contribution >= 0.6 is 0 Å². The van der Waals surface area contributed by atoms with Gasteiger partial charge in [-0.2, -0.15) is 0 Å². The number of hydrogen-bond donors (Lipinski definition) is 1. The Kier molecular flexibility index (Phi) is 9.10. The van der Waals surface area contributed by atoms with E-state index in [4.69, 9.17) is 9.90 Å². The van der Waals surface area contributed by atoms with Crippen molar-refractivity contribution in [3.05, 3.63) is 0 Å². The van der Waals surface area contributed by atoms with E-state index >= 15 is 0 Å². The molecule has 2 nitrogen and oxygen atoms in total. The molecule has 0 aliphatic heterocycles. The van der Waals surface area contributed by atoms with Gasteiger partial charge in [0.25, 0.3) is 5.97 Å². The molecule has 0 aromatic rings. The fourth-order valence-electron chi connectivity index (χ4n) is 0. The number of carboxylic acids is 1. The topological polar surface area (TPSA) is 37.3 Å². The molecule has 0 radical (unpaired) electrons. The van der Waals surface area contributed by atoms with Crippen molar-refractivity contribution in [3.8, 4) is 0 Å². The van der Waals surface area contributed by atoms with Gasteiger partial charge in [0.05, 0.1) is 0 Å². The zero-order valence-electron chi connectivity index (χ0n) is 4.07. The van der Waals surface area contributed by atoms with Crippen LogP contribution in [0.15, 0.2) is 0 Å². The summed E-state index contributed by atoms with van der Waals surface area (Å²) >= 11 is -4.64. The molecule has 48 valence electrons. The molecule has 0 aliphatic carbocycles. The highest BCUT2D eigenvalue weighted by atomic mass is 27.3. The van der Waals surface area contributed by atoms with Crippen LogP contribution in [0.4, 0.5) is 10.6 Å². The highest BCUT2D eigenvalue weighted by Crippen LogP contribution is 1.80. The largest absolute Gasteiger partial charge is 1.04 e. The number of halogens is 3. The van der Waals surface area contributed by atoms with Crippen molar-refractivity contribution in [2.75, 3.05) is 0 Å². The second kappa shape index (κ2) is 6.79. The summed E-state index contributed by atoms with van der Waals surface area (Å²) in [7, 11) is 0. The van der Waals surface area contributed by atoms with Crippen molar-refractivity contribution in [3.63, 3.8) is 0 Å². The molecular weight excluding hydrogens is 140 g/mol. The number of aliphatic carboxylic acids is 1. The van der Waals surface area contributed by atoms with Crippen molar-refractivity contribution in [1.29, 1.82) is 0 Å². The molecule has 0 aromatic heterocycles. The lowest BCUT2D eigenvalue weighted by atomic mass is 10.9. The minimum atomic E-state index is -4.64. The maximum absolute atomic E-state index is 9.81. The molecule has 0 rings (SSSR count). The number of carboxylic acid groups (broad SMARTS) is 1. The van der Waals surface area contributed by atoms with Crippen LogP contribution in [-0.4, -0.2) is 26.6 Å². The molecule has 0 unspecified atom stereocenters. The third-order valence-electron chi connectivity index (χ3n) is 0. The molecule has 8 heavy (non-hydrogen) atoms. The van der Waals surface area contributed by atoms with Crippen LogP contribution in [0, 0.1) is 0 Å². The van der Waals surface area contributed by atoms with E-state index in [0.717, 1.165) is 6.92 Å². The van der Waals surface area contributed by atoms with Crippen LogP contribution in [-0.2, 0) is 4.79 Å². The lowest BCUT2D eigenvalue weighted by Gasteiger charge is -1.59. The standard InChI is InChI=1S/C2H4O2.Al.3FH/c1-2(3)4;;;;/h1H3,(H,3,4);;3*1H/q;+3;;;/p-3. The van der Waals surface area contributed by atoms with Gasteiger partial charge in [-0.25, -0.2) is 0 Å². The number of rotatable bonds is 0. The van der Waals surface area contributed by atoms with E-state index < -0.39 is 21.5 Å². The van der Waals surface area contributed by atoms with Crippen LogP contribution in [0.25, 0.3) is 0 Å². The van der Waals surface area contributed by atoms with Crippen molar-refractivity contribution in [2.24, 2.45) is 0 Å². The molecule has 0 heterocycles. The number of carbonyl (C=O) groups is 1. The smallest absolute Gasteiger partial charge is 0.481 e. The Bertz CT molecular complexity index is 59.5. The van der Waals surface area contributed by atoms with Crippen molar-refractivity contribution in [1.82, 2.24) is 0 Å². The molecule has 0 amide bonds. The van der Waals surface area contributed by atoms with Gasteiger partial charge in [-0.1, -0.05) is 0 Å². The van der Waals surface area contributed by atoms with Gasteiger partial charge >= 0.3 is 15.5 Å². The molecule has 0 saturated carbocycles. The van der Waals surface area contributed by atoms with Crippen LogP contribution in [0.5, 0.6) is 0 Å². The minimum absolute atomic E-state index is 0.833. The van der Waals surface area contributed by atoms with E-state index in [-0.39, 0.29) is 0 Å². The maximum Gasteiger partial charge on any atom is 1.04 e. The Labute approximate surface area is 49.7 Å². The summed E-state index contributed by atoms with van der Waals surface area (Å²) in [5.41, 5.74) is 0. The van der Waals surface area contributed by atoms with Crippen molar-refractivity contribution in [2.45, 2.75) is 6.92 Å². The molecule has 1 N–H and O–H groups in total. The SMILES string of the molecule is CC(=O)O.[F][Al]([F])[F]. The third-order valence-corrected chi connectivity index (χ3v) is 0. The summed E-state index contributed by atoms with van der Waals surface area (Å²) in [6.45, 7) is 1.08. The molecule has 0 atom stereocenters. The maximum atomic E-state index is 9.81. The quantitative estimate of drug-likeness (QED) is 0.514. The monoisotopic (exact) mass is 144 g/mol. The Morgan fingerprint density at radius 2 is 1.50 bits per heavy atom. The first kappa shape index (κ1) is 10.7. The summed E-state index contributed by atoms with van der Waals surface area (Å²) in [4.78, 5) is 9.00. The highest BCUT2D eigenvalue weighted by Gasteiger charge is 2.21. The van der Waals surface area contributed by atoms with Crippen LogP contribution in [0.3, 0.4) is 0 Å². The first-order valence-electron chi connectivity index (χ1n) is 1.58. The Hall–Kier alpha value is -0.208. The first-order valence-corrected chi connectivity index (χ1v) is 2.89. The van der Waals surface area contributed by atoms with Gasteiger partial charge < -0.3 is 15.7 Å². The second-order valence-corrected chi connectivity index (χ2v) is 1.26. The zero-order chi connectivity index (χ0) is 7.15. The van der Waals surface area contributed by atoms with Gasteiger partial charge in [-0.3, -0.25) is 4.79 Å². The minimum Gasteiger partial charge on any atom is -0.481 e. The zero-order valence-corrected chi connectivity index (χ0v) is 5.22. The molecule has 0 aromatic carbocycles. The average molecular weight is 144 g/mol. The molecule has 0 saturated heterocycles. The van der Waals surface area contributed by atoms with Gasteiger partial charge in [-0.05, 0) is 0 Å². The lowest BCUT2D eigenvalue weighted by molar-refractivity contribution is -0.134. The molecular formula is C2H4AlF3O2. The van der Waals surface area contributed by atoms with Gasteiger partial charge in [0, 0.05) is 6.92 Å². The third kappa shape index (κ3) is 3090. The Balaban J connectivity index is 0. The predicted molar refractivity (Wildman–Crippen MR) is 22.4 cm³/mol. The van der Waals surface area contributed by atoms with E-state index in [1.807, 2.05) is 0 Å². The van der Waals surface area contributed by atoms with E-state index in [1.165, 1.54) is 0 Å². The second-order valence-electron chi connectivity index (χ2n) is 0.766. The fourth-order valence-corrected chi connectivity index (χ4v) is 0. The highest BCUT2D eigenvalue weighted by molar-refractivity contribution is 6.33. The Morgan fingerprint density at radius 1 is 1.50 bits per heavy atom. The van der Waals surface area contributed by atoms with Crippen LogP contribution in [0.1, 0.15) is 6.92 Å². The molecule has 0 aliphatic rings. The molecule has 6 heteroatoms. The summed E-state index contributed by atoms with van der Waals surface area (Å²) in [6, 6.07) is 0. The average Bonchev–Trinajstić information content (AvgIpc) is 1.25. The van der Waals surface area contributed by atoms with E-state index in [1.54, 1.807) is 0 Å². The van der Waals surface area contributed by atoms with Crippen LogP contribution < -0.4 is 0 Å². The summed E-state index contributed by atoms with van der Waals surface area (Å²) in [5, 5.41) is 7.42. The van der Waals surface area contributed by atoms with Crippen LogP contribution in [0.2, 0.25) is 0 Å². The number of hydrogen-bond acceptors (Lipinski definition) is 1. The van der Waals surface area contributed by atoms with Crippen molar-refractivity contribution >= 4 is 21.5 Å². The van der Waals surface area contributed by atoms with E-state index in [9.17, 15) is 10.6 Å². The molecule has 0 fully saturated rings. The molecule has 0 bridgehead atoms. The summed E-state index contributed by atoms with van der Waals surface area (Å²) in [6.07, 6.45) is 0. The molecule has 0 spiro atoms. The van der Waals surface area contributed by atoms with Gasteiger partial charge in [0.2, 0.25) is 0 Å². The first-order chi connectivity index (χ1) is 3.46. The Morgan fingerprint density at radius 3 is 1.50 bits per heavy atom. The van der Waals surface area contributed by atoms with Gasteiger partial charge in [0.1, 0.15) is 0 Å².